The molecule has 0 N–H and O–H groups in total. The smallest absolute Gasteiger partial charge is 0.411 e. The minimum Gasteiger partial charge on any atom is -0.470 e. The largest absolute Gasteiger partial charge is 0.470 e. The van der Waals surface area contributed by atoms with Crippen LogP contribution in [0.3, 0.4) is 0 Å². The van der Waals surface area contributed by atoms with Crippen molar-refractivity contribution < 1.29 is 23.8 Å². The summed E-state index contributed by atoms with van der Waals surface area (Å²) in [5.41, 5.74) is 0.589. The number of hydrogen-bond acceptors (Lipinski definition) is 7. The van der Waals surface area contributed by atoms with Crippen molar-refractivity contribution in [2.24, 2.45) is 0 Å². The molecule has 2 atom stereocenters. The first-order valence-corrected chi connectivity index (χ1v) is 9.22. The van der Waals surface area contributed by atoms with Crippen molar-refractivity contribution in [3.8, 4) is 5.88 Å². The van der Waals surface area contributed by atoms with E-state index in [1.54, 1.807) is 32.9 Å². The Hall–Kier alpha value is -2.61. The summed E-state index contributed by atoms with van der Waals surface area (Å²) >= 11 is 6.20. The van der Waals surface area contributed by atoms with E-state index in [0.29, 0.717) is 11.0 Å². The maximum absolute atomic E-state index is 12.5. The van der Waals surface area contributed by atoms with Gasteiger partial charge in [-0.15, -0.1) is 0 Å². The number of hydrogen-bond donors (Lipinski definition) is 0. The lowest BCUT2D eigenvalue weighted by Crippen LogP contribution is -2.44. The van der Waals surface area contributed by atoms with Crippen molar-refractivity contribution in [2.45, 2.75) is 44.9 Å². The van der Waals surface area contributed by atoms with Crippen LogP contribution in [-0.4, -0.2) is 58.3 Å². The predicted molar refractivity (Wildman–Crippen MR) is 102 cm³/mol. The number of amides is 1. The van der Waals surface area contributed by atoms with Gasteiger partial charge in [-0.25, -0.2) is 19.6 Å². The van der Waals surface area contributed by atoms with Crippen LogP contribution in [0.25, 0.3) is 11.0 Å². The van der Waals surface area contributed by atoms with Gasteiger partial charge in [-0.05, 0) is 32.9 Å². The summed E-state index contributed by atoms with van der Waals surface area (Å²) in [6.07, 6.45) is -0.884. The molecule has 8 nitrogen and oxygen atoms in total. The molecule has 0 spiro atoms. The number of rotatable bonds is 3. The number of aromatic nitrogens is 2. The number of fused-ring (bicyclic) bond motifs is 1. The third kappa shape index (κ3) is 4.44. The highest BCUT2D eigenvalue weighted by atomic mass is 35.5. The zero-order chi connectivity index (χ0) is 20.5. The fourth-order valence-electron chi connectivity index (χ4n) is 2.96. The Balaban J connectivity index is 1.80. The van der Waals surface area contributed by atoms with E-state index in [4.69, 9.17) is 25.8 Å². The topological polar surface area (TPSA) is 90.9 Å². The van der Waals surface area contributed by atoms with Crippen LogP contribution in [0, 0.1) is 0 Å². The summed E-state index contributed by atoms with van der Waals surface area (Å²) in [7, 11) is 1.27. The van der Waals surface area contributed by atoms with Crippen molar-refractivity contribution in [1.29, 1.82) is 0 Å². The van der Waals surface area contributed by atoms with Gasteiger partial charge in [-0.2, -0.15) is 0 Å². The molecule has 1 amide bonds. The highest BCUT2D eigenvalue weighted by Gasteiger charge is 2.43. The first-order valence-electron chi connectivity index (χ1n) is 8.84. The fourth-order valence-corrected chi connectivity index (χ4v) is 3.14. The SMILES string of the molecule is COC(=O)[C@H]1C[C@@H](Oc2nc3ccccc3nc2Cl)CN1C(=O)OC(C)(C)C. The molecule has 1 saturated heterocycles. The van der Waals surface area contributed by atoms with Gasteiger partial charge in [0.1, 0.15) is 17.7 Å². The summed E-state index contributed by atoms with van der Waals surface area (Å²) in [5.74, 6) is -0.382. The Morgan fingerprint density at radius 3 is 2.43 bits per heavy atom. The van der Waals surface area contributed by atoms with Crippen molar-refractivity contribution >= 4 is 34.7 Å². The standard InChI is InChI=1S/C19H22ClN3O5/c1-19(2,3)28-18(25)23-10-11(9-14(23)17(24)26-4)27-16-15(20)21-12-7-5-6-8-13(12)22-16/h5-8,11,14H,9-10H2,1-4H3/t11-,14-/m1/s1. The summed E-state index contributed by atoms with van der Waals surface area (Å²) in [6.45, 7) is 5.41. The molecule has 0 unspecified atom stereocenters. The third-order valence-corrected chi connectivity index (χ3v) is 4.39. The number of carbonyl (C=O) groups excluding carboxylic acids is 2. The molecule has 1 aliphatic rings. The first-order chi connectivity index (χ1) is 13.2. The molecule has 1 fully saturated rings. The van der Waals surface area contributed by atoms with Crippen LogP contribution in [0.5, 0.6) is 5.88 Å². The van der Waals surface area contributed by atoms with Crippen LogP contribution >= 0.6 is 11.6 Å². The number of halogens is 1. The maximum Gasteiger partial charge on any atom is 0.411 e. The van der Waals surface area contributed by atoms with E-state index in [1.807, 2.05) is 12.1 Å². The van der Waals surface area contributed by atoms with Gasteiger partial charge in [0.25, 0.3) is 5.88 Å². The van der Waals surface area contributed by atoms with Crippen molar-refractivity contribution in [2.75, 3.05) is 13.7 Å². The molecular formula is C19H22ClN3O5. The average molecular weight is 408 g/mol. The molecule has 0 saturated carbocycles. The molecule has 2 aromatic rings. The lowest BCUT2D eigenvalue weighted by molar-refractivity contribution is -0.145. The minimum absolute atomic E-state index is 0.115. The molecule has 28 heavy (non-hydrogen) atoms. The Kier molecular flexibility index (Phi) is 5.60. The molecular weight excluding hydrogens is 386 g/mol. The summed E-state index contributed by atoms with van der Waals surface area (Å²) in [5, 5.41) is 0.115. The van der Waals surface area contributed by atoms with Gasteiger partial charge in [-0.1, -0.05) is 23.7 Å². The van der Waals surface area contributed by atoms with E-state index in [1.165, 1.54) is 12.0 Å². The van der Waals surface area contributed by atoms with Gasteiger partial charge in [0, 0.05) is 6.42 Å². The van der Waals surface area contributed by atoms with E-state index < -0.39 is 29.8 Å². The number of methoxy groups -OCH3 is 1. The minimum atomic E-state index is -0.808. The molecule has 0 radical (unpaired) electrons. The Morgan fingerprint density at radius 2 is 1.82 bits per heavy atom. The predicted octanol–water partition coefficient (Wildman–Crippen LogP) is 3.21. The summed E-state index contributed by atoms with van der Waals surface area (Å²) in [4.78, 5) is 34.6. The highest BCUT2D eigenvalue weighted by Crippen LogP contribution is 2.29. The lowest BCUT2D eigenvalue weighted by Gasteiger charge is -2.27. The van der Waals surface area contributed by atoms with Crippen LogP contribution in [0.2, 0.25) is 5.15 Å². The second-order valence-corrected chi connectivity index (χ2v) is 7.81. The quantitative estimate of drug-likeness (QED) is 0.721. The number of benzene rings is 1. The second-order valence-electron chi connectivity index (χ2n) is 7.46. The molecule has 3 rings (SSSR count). The van der Waals surface area contributed by atoms with E-state index in [2.05, 4.69) is 9.97 Å². The lowest BCUT2D eigenvalue weighted by atomic mass is 10.2. The number of carbonyl (C=O) groups is 2. The molecule has 0 aliphatic carbocycles. The Bertz CT molecular complexity index is 899. The number of para-hydroxylation sites is 2. The zero-order valence-corrected chi connectivity index (χ0v) is 16.9. The van der Waals surface area contributed by atoms with Crippen LogP contribution in [0.1, 0.15) is 27.2 Å². The summed E-state index contributed by atoms with van der Waals surface area (Å²) in [6, 6.07) is 6.46. The number of ether oxygens (including phenoxy) is 3. The van der Waals surface area contributed by atoms with Gasteiger partial charge < -0.3 is 14.2 Å². The summed E-state index contributed by atoms with van der Waals surface area (Å²) < 4.78 is 16.1. The molecule has 9 heteroatoms. The van der Waals surface area contributed by atoms with Gasteiger partial charge in [-0.3, -0.25) is 4.90 Å². The van der Waals surface area contributed by atoms with Crippen LogP contribution < -0.4 is 4.74 Å². The Morgan fingerprint density at radius 1 is 1.18 bits per heavy atom. The second kappa shape index (κ2) is 7.79. The molecule has 1 aromatic heterocycles. The molecule has 150 valence electrons. The van der Waals surface area contributed by atoms with Crippen LogP contribution in [-0.2, 0) is 14.3 Å². The number of likely N-dealkylation sites (tertiary alicyclic amines) is 1. The van der Waals surface area contributed by atoms with Crippen LogP contribution in [0.4, 0.5) is 4.79 Å². The van der Waals surface area contributed by atoms with Crippen LogP contribution in [0.15, 0.2) is 24.3 Å². The third-order valence-electron chi connectivity index (χ3n) is 4.14. The molecule has 2 heterocycles. The molecule has 0 bridgehead atoms. The fraction of sp³-hybridized carbons (Fsp3) is 0.474. The molecule has 1 aliphatic heterocycles. The number of nitrogens with zero attached hydrogens (tertiary/aromatic N) is 3. The zero-order valence-electron chi connectivity index (χ0n) is 16.1. The van der Waals surface area contributed by atoms with Crippen molar-refractivity contribution in [1.82, 2.24) is 14.9 Å². The van der Waals surface area contributed by atoms with E-state index >= 15 is 0 Å². The highest BCUT2D eigenvalue weighted by molar-refractivity contribution is 6.31. The maximum atomic E-state index is 12.5. The number of esters is 1. The van der Waals surface area contributed by atoms with Crippen molar-refractivity contribution in [3.63, 3.8) is 0 Å². The van der Waals surface area contributed by atoms with Gasteiger partial charge in [0.2, 0.25) is 0 Å². The first kappa shape index (κ1) is 20.1. The van der Waals surface area contributed by atoms with E-state index in [9.17, 15) is 9.59 Å². The Labute approximate surface area is 167 Å². The van der Waals surface area contributed by atoms with E-state index in [-0.39, 0.29) is 24.0 Å². The van der Waals surface area contributed by atoms with Gasteiger partial charge in [0.05, 0.1) is 24.7 Å². The van der Waals surface area contributed by atoms with Gasteiger partial charge >= 0.3 is 12.1 Å². The van der Waals surface area contributed by atoms with Gasteiger partial charge in [0.15, 0.2) is 5.15 Å². The monoisotopic (exact) mass is 407 g/mol. The average Bonchev–Trinajstić information content (AvgIpc) is 3.04. The molecule has 1 aromatic carbocycles. The van der Waals surface area contributed by atoms with Crippen molar-refractivity contribution in [3.05, 3.63) is 29.4 Å². The normalized spacial score (nSPS) is 19.5. The van der Waals surface area contributed by atoms with E-state index in [0.717, 1.165) is 0 Å².